The molecule has 2 rings (SSSR count). The van der Waals surface area contributed by atoms with Crippen LogP contribution >= 0.6 is 22.6 Å². The Bertz CT molecular complexity index is 699. The first-order valence-corrected chi connectivity index (χ1v) is 7.99. The van der Waals surface area contributed by atoms with Gasteiger partial charge in [-0.05, 0) is 77.5 Å². The molecule has 0 radical (unpaired) electrons. The normalized spacial score (nSPS) is 11.3. The van der Waals surface area contributed by atoms with E-state index < -0.39 is 15.8 Å². The Hall–Kier alpha value is -1.15. The number of hydrogen-bond donors (Lipinski definition) is 1. The summed E-state index contributed by atoms with van der Waals surface area (Å²) in [5.74, 6) is -0.468. The second kappa shape index (κ2) is 5.46. The highest BCUT2D eigenvalue weighted by atomic mass is 127. The Morgan fingerprint density at radius 2 is 1.74 bits per heavy atom. The molecule has 0 spiro atoms. The van der Waals surface area contributed by atoms with Crippen LogP contribution in [0.25, 0.3) is 0 Å². The van der Waals surface area contributed by atoms with Crippen molar-refractivity contribution in [3.63, 3.8) is 0 Å². The first-order valence-electron chi connectivity index (χ1n) is 5.43. The monoisotopic (exact) mass is 391 g/mol. The van der Waals surface area contributed by atoms with Gasteiger partial charge in [-0.3, -0.25) is 4.72 Å². The molecule has 0 unspecified atom stereocenters. The molecule has 3 nitrogen and oxygen atoms in total. The van der Waals surface area contributed by atoms with Crippen LogP contribution in [-0.2, 0) is 10.0 Å². The maximum Gasteiger partial charge on any atom is 0.261 e. The van der Waals surface area contributed by atoms with Crippen LogP contribution in [0, 0.1) is 16.3 Å². The summed E-state index contributed by atoms with van der Waals surface area (Å²) in [5, 5.41) is 0. The number of anilines is 1. The van der Waals surface area contributed by atoms with Crippen LogP contribution in [0.5, 0.6) is 0 Å². The molecule has 0 aliphatic rings. The van der Waals surface area contributed by atoms with E-state index in [0.29, 0.717) is 5.69 Å². The minimum absolute atomic E-state index is 0.0341. The van der Waals surface area contributed by atoms with Gasteiger partial charge in [0.1, 0.15) is 5.82 Å². The Morgan fingerprint density at radius 3 is 2.32 bits per heavy atom. The summed E-state index contributed by atoms with van der Waals surface area (Å²) >= 11 is 2.16. The van der Waals surface area contributed by atoms with E-state index in [0.717, 1.165) is 21.3 Å². The van der Waals surface area contributed by atoms with Crippen LogP contribution < -0.4 is 4.72 Å². The topological polar surface area (TPSA) is 46.2 Å². The van der Waals surface area contributed by atoms with Crippen molar-refractivity contribution in [3.05, 3.63) is 57.4 Å². The summed E-state index contributed by atoms with van der Waals surface area (Å²) < 4.78 is 40.5. The van der Waals surface area contributed by atoms with E-state index in [1.54, 1.807) is 6.07 Å². The summed E-state index contributed by atoms with van der Waals surface area (Å²) in [5.41, 5.74) is 1.35. The predicted molar refractivity (Wildman–Crippen MR) is 81.1 cm³/mol. The van der Waals surface area contributed by atoms with E-state index in [1.165, 1.54) is 12.1 Å². The van der Waals surface area contributed by atoms with Crippen molar-refractivity contribution in [1.29, 1.82) is 0 Å². The number of sulfonamides is 1. The second-order valence-electron chi connectivity index (χ2n) is 4.02. The average Bonchev–Trinajstić information content (AvgIpc) is 2.33. The molecule has 0 aliphatic heterocycles. The quantitative estimate of drug-likeness (QED) is 0.814. The van der Waals surface area contributed by atoms with Crippen molar-refractivity contribution in [1.82, 2.24) is 0 Å². The molecule has 0 saturated carbocycles. The largest absolute Gasteiger partial charge is 0.279 e. The van der Waals surface area contributed by atoms with Crippen molar-refractivity contribution < 1.29 is 12.8 Å². The molecular formula is C13H11FINO2S. The molecule has 0 aliphatic carbocycles. The van der Waals surface area contributed by atoms with E-state index in [-0.39, 0.29) is 4.90 Å². The zero-order valence-corrected chi connectivity index (χ0v) is 13.0. The van der Waals surface area contributed by atoms with Gasteiger partial charge in [-0.25, -0.2) is 12.8 Å². The molecule has 0 fully saturated rings. The number of halogens is 2. The molecule has 0 bridgehead atoms. The maximum absolute atomic E-state index is 12.8. The fourth-order valence-electron chi connectivity index (χ4n) is 1.56. The van der Waals surface area contributed by atoms with Gasteiger partial charge in [0.2, 0.25) is 0 Å². The van der Waals surface area contributed by atoms with Crippen molar-refractivity contribution in [2.45, 2.75) is 11.8 Å². The fourth-order valence-corrected chi connectivity index (χ4v) is 3.34. The molecule has 19 heavy (non-hydrogen) atoms. The minimum atomic E-state index is -3.68. The van der Waals surface area contributed by atoms with Gasteiger partial charge in [0.05, 0.1) is 10.6 Å². The van der Waals surface area contributed by atoms with Gasteiger partial charge in [0.25, 0.3) is 10.0 Å². The Kier molecular flexibility index (Phi) is 4.10. The van der Waals surface area contributed by atoms with Gasteiger partial charge in [0, 0.05) is 3.57 Å². The highest BCUT2D eigenvalue weighted by Crippen LogP contribution is 2.21. The third kappa shape index (κ3) is 3.44. The molecule has 1 N–H and O–H groups in total. The van der Waals surface area contributed by atoms with Gasteiger partial charge in [-0.2, -0.15) is 0 Å². The number of hydrogen-bond acceptors (Lipinski definition) is 2. The molecule has 0 saturated heterocycles. The van der Waals surface area contributed by atoms with Crippen LogP contribution in [0.1, 0.15) is 5.56 Å². The predicted octanol–water partition coefficient (Wildman–Crippen LogP) is 3.54. The molecular weight excluding hydrogens is 380 g/mol. The lowest BCUT2D eigenvalue weighted by Crippen LogP contribution is -2.13. The standard InChI is InChI=1S/C13H11FINO2S/c1-9-8-11(15)4-7-13(9)16-19(17,18)12-5-2-10(14)3-6-12/h2-8,16H,1H3. The summed E-state index contributed by atoms with van der Waals surface area (Å²) in [6.45, 7) is 1.82. The lowest BCUT2D eigenvalue weighted by molar-refractivity contribution is 0.599. The van der Waals surface area contributed by atoms with Crippen molar-refractivity contribution >= 4 is 38.3 Å². The Morgan fingerprint density at radius 1 is 1.11 bits per heavy atom. The first kappa shape index (κ1) is 14.3. The van der Waals surface area contributed by atoms with Crippen molar-refractivity contribution in [2.75, 3.05) is 4.72 Å². The van der Waals surface area contributed by atoms with Crippen molar-refractivity contribution in [2.24, 2.45) is 0 Å². The zero-order valence-electron chi connectivity index (χ0n) is 10.0. The van der Waals surface area contributed by atoms with Crippen LogP contribution in [0.3, 0.4) is 0 Å². The van der Waals surface area contributed by atoms with Crippen LogP contribution in [0.4, 0.5) is 10.1 Å². The summed E-state index contributed by atoms with van der Waals surface area (Å²) in [4.78, 5) is 0.0341. The smallest absolute Gasteiger partial charge is 0.261 e. The first-order chi connectivity index (χ1) is 8.88. The maximum atomic E-state index is 12.8. The Labute approximate surface area is 125 Å². The molecule has 0 atom stereocenters. The van der Waals surface area contributed by atoms with E-state index in [2.05, 4.69) is 27.3 Å². The van der Waals surface area contributed by atoms with E-state index in [4.69, 9.17) is 0 Å². The molecule has 0 amide bonds. The molecule has 0 heterocycles. The molecule has 2 aromatic carbocycles. The van der Waals surface area contributed by atoms with Crippen LogP contribution in [-0.4, -0.2) is 8.42 Å². The molecule has 6 heteroatoms. The SMILES string of the molecule is Cc1cc(I)ccc1NS(=O)(=O)c1ccc(F)cc1. The highest BCUT2D eigenvalue weighted by Gasteiger charge is 2.15. The molecule has 2 aromatic rings. The van der Waals surface area contributed by atoms with Crippen LogP contribution in [0.15, 0.2) is 47.4 Å². The van der Waals surface area contributed by atoms with Gasteiger partial charge in [-0.1, -0.05) is 0 Å². The van der Waals surface area contributed by atoms with Crippen LogP contribution in [0.2, 0.25) is 0 Å². The van der Waals surface area contributed by atoms with Gasteiger partial charge in [-0.15, -0.1) is 0 Å². The lowest BCUT2D eigenvalue weighted by atomic mass is 10.2. The van der Waals surface area contributed by atoms with Gasteiger partial charge in [0.15, 0.2) is 0 Å². The second-order valence-corrected chi connectivity index (χ2v) is 6.95. The Balaban J connectivity index is 2.33. The highest BCUT2D eigenvalue weighted by molar-refractivity contribution is 14.1. The number of aryl methyl sites for hydroxylation is 1. The summed E-state index contributed by atoms with van der Waals surface area (Å²) in [6, 6.07) is 10.1. The number of benzene rings is 2. The number of nitrogens with one attached hydrogen (secondary N) is 1. The fraction of sp³-hybridized carbons (Fsp3) is 0.0769. The number of rotatable bonds is 3. The van der Waals surface area contributed by atoms with E-state index in [9.17, 15) is 12.8 Å². The van der Waals surface area contributed by atoms with Gasteiger partial charge >= 0.3 is 0 Å². The third-order valence-corrected chi connectivity index (χ3v) is 4.61. The van der Waals surface area contributed by atoms with Gasteiger partial charge < -0.3 is 0 Å². The summed E-state index contributed by atoms with van der Waals surface area (Å²) in [6.07, 6.45) is 0. The molecule has 100 valence electrons. The lowest BCUT2D eigenvalue weighted by Gasteiger charge is -2.10. The summed E-state index contributed by atoms with van der Waals surface area (Å²) in [7, 11) is -3.68. The van der Waals surface area contributed by atoms with E-state index >= 15 is 0 Å². The average molecular weight is 391 g/mol. The minimum Gasteiger partial charge on any atom is -0.279 e. The van der Waals surface area contributed by atoms with Crippen molar-refractivity contribution in [3.8, 4) is 0 Å². The zero-order chi connectivity index (χ0) is 14.0. The third-order valence-electron chi connectivity index (χ3n) is 2.56. The van der Waals surface area contributed by atoms with E-state index in [1.807, 2.05) is 19.1 Å². The molecule has 0 aromatic heterocycles.